The second-order valence-electron chi connectivity index (χ2n) is 6.83. The summed E-state index contributed by atoms with van der Waals surface area (Å²) in [4.78, 5) is 29.0. The van der Waals surface area contributed by atoms with Crippen molar-refractivity contribution in [1.82, 2.24) is 4.98 Å². The van der Waals surface area contributed by atoms with Gasteiger partial charge in [0.2, 0.25) is 5.91 Å². The Morgan fingerprint density at radius 1 is 1.03 bits per heavy atom. The van der Waals surface area contributed by atoms with Gasteiger partial charge in [-0.05, 0) is 64.8 Å². The standard InChI is InChI=1S/C23H18BrN3O3S/c1-13-6-7-15(27-23(29)20-8-9-21(24)31-20)12-19(13)30-18-10-11-25-22-16(18)4-3-5-17(22)26-14(2)28/h3-12H,1-2H3,(H,26,28)(H,27,29). The first-order valence-corrected chi connectivity index (χ1v) is 11.0. The Hall–Kier alpha value is -3.23. The van der Waals surface area contributed by atoms with Crippen LogP contribution in [0.2, 0.25) is 0 Å². The summed E-state index contributed by atoms with van der Waals surface area (Å²) < 4.78 is 7.10. The molecule has 0 aliphatic rings. The van der Waals surface area contributed by atoms with Crippen molar-refractivity contribution in [2.45, 2.75) is 13.8 Å². The number of nitrogens with zero attached hydrogens (tertiary/aromatic N) is 1. The number of amides is 2. The lowest BCUT2D eigenvalue weighted by Crippen LogP contribution is -2.10. The minimum absolute atomic E-state index is 0.169. The molecule has 0 radical (unpaired) electrons. The predicted molar refractivity (Wildman–Crippen MR) is 127 cm³/mol. The molecule has 4 rings (SSSR count). The van der Waals surface area contributed by atoms with Crippen LogP contribution < -0.4 is 15.4 Å². The highest BCUT2D eigenvalue weighted by atomic mass is 79.9. The third kappa shape index (κ3) is 4.76. The number of rotatable bonds is 5. The normalized spacial score (nSPS) is 10.7. The van der Waals surface area contributed by atoms with Crippen molar-refractivity contribution < 1.29 is 14.3 Å². The Morgan fingerprint density at radius 3 is 2.61 bits per heavy atom. The molecule has 0 saturated heterocycles. The molecule has 0 fully saturated rings. The zero-order valence-electron chi connectivity index (χ0n) is 16.7. The second kappa shape index (κ2) is 8.87. The van der Waals surface area contributed by atoms with Crippen LogP contribution in [0.5, 0.6) is 11.5 Å². The molecule has 2 heterocycles. The minimum atomic E-state index is -0.181. The van der Waals surface area contributed by atoms with Gasteiger partial charge in [0.1, 0.15) is 11.5 Å². The Morgan fingerprint density at radius 2 is 1.87 bits per heavy atom. The van der Waals surface area contributed by atoms with Crippen LogP contribution in [0.3, 0.4) is 0 Å². The summed E-state index contributed by atoms with van der Waals surface area (Å²) in [7, 11) is 0. The van der Waals surface area contributed by atoms with E-state index in [1.54, 1.807) is 30.5 Å². The molecule has 0 atom stereocenters. The van der Waals surface area contributed by atoms with Crippen molar-refractivity contribution in [3.05, 3.63) is 75.0 Å². The van der Waals surface area contributed by atoms with Gasteiger partial charge in [-0.25, -0.2) is 0 Å². The minimum Gasteiger partial charge on any atom is -0.456 e. The Kier molecular flexibility index (Phi) is 6.01. The van der Waals surface area contributed by atoms with E-state index in [1.807, 2.05) is 37.3 Å². The van der Waals surface area contributed by atoms with E-state index >= 15 is 0 Å². The predicted octanol–water partition coefficient (Wildman–Crippen LogP) is 6.37. The van der Waals surface area contributed by atoms with Crippen molar-refractivity contribution in [2.24, 2.45) is 0 Å². The number of carbonyl (C=O) groups is 2. The van der Waals surface area contributed by atoms with E-state index in [0.717, 1.165) is 14.7 Å². The van der Waals surface area contributed by atoms with Crippen molar-refractivity contribution in [3.63, 3.8) is 0 Å². The van der Waals surface area contributed by atoms with E-state index in [-0.39, 0.29) is 11.8 Å². The number of aryl methyl sites for hydroxylation is 1. The fraction of sp³-hybridized carbons (Fsp3) is 0.0870. The van der Waals surface area contributed by atoms with E-state index in [1.165, 1.54) is 18.3 Å². The highest BCUT2D eigenvalue weighted by molar-refractivity contribution is 9.11. The first-order chi connectivity index (χ1) is 14.9. The zero-order chi connectivity index (χ0) is 22.0. The Balaban J connectivity index is 1.63. The number of nitrogens with one attached hydrogen (secondary N) is 2. The summed E-state index contributed by atoms with van der Waals surface area (Å²) in [5, 5.41) is 6.46. The molecule has 156 valence electrons. The largest absolute Gasteiger partial charge is 0.456 e. The van der Waals surface area contributed by atoms with Crippen molar-refractivity contribution >= 4 is 61.4 Å². The van der Waals surface area contributed by atoms with Crippen molar-refractivity contribution in [3.8, 4) is 11.5 Å². The van der Waals surface area contributed by atoms with Gasteiger partial charge in [-0.1, -0.05) is 12.1 Å². The number of benzene rings is 2. The van der Waals surface area contributed by atoms with Gasteiger partial charge < -0.3 is 15.4 Å². The molecule has 0 bridgehead atoms. The molecule has 0 aliphatic heterocycles. The average molecular weight is 496 g/mol. The fourth-order valence-electron chi connectivity index (χ4n) is 3.07. The number of carbonyl (C=O) groups excluding carboxylic acids is 2. The second-order valence-corrected chi connectivity index (χ2v) is 9.30. The van der Waals surface area contributed by atoms with Gasteiger partial charge in [0.15, 0.2) is 0 Å². The molecule has 2 aromatic carbocycles. The van der Waals surface area contributed by atoms with E-state index < -0.39 is 0 Å². The van der Waals surface area contributed by atoms with E-state index in [4.69, 9.17) is 4.74 Å². The first-order valence-electron chi connectivity index (χ1n) is 9.41. The first kappa shape index (κ1) is 21.0. The number of hydrogen-bond acceptors (Lipinski definition) is 5. The SMILES string of the molecule is CC(=O)Nc1cccc2c(Oc3cc(NC(=O)c4ccc(Br)s4)ccc3C)ccnc12. The third-order valence-electron chi connectivity index (χ3n) is 4.50. The van der Waals surface area contributed by atoms with Gasteiger partial charge in [0, 0.05) is 30.3 Å². The number of hydrogen-bond donors (Lipinski definition) is 2. The smallest absolute Gasteiger partial charge is 0.265 e. The van der Waals surface area contributed by atoms with Gasteiger partial charge in [-0.3, -0.25) is 14.6 Å². The van der Waals surface area contributed by atoms with Crippen LogP contribution >= 0.6 is 27.3 Å². The number of para-hydroxylation sites is 1. The average Bonchev–Trinajstić information content (AvgIpc) is 3.17. The Bertz CT molecular complexity index is 1300. The summed E-state index contributed by atoms with van der Waals surface area (Å²) in [6, 6.07) is 16.4. The summed E-state index contributed by atoms with van der Waals surface area (Å²) in [5.41, 5.74) is 2.81. The molecule has 2 N–H and O–H groups in total. The lowest BCUT2D eigenvalue weighted by atomic mass is 10.1. The van der Waals surface area contributed by atoms with Crippen molar-refractivity contribution in [1.29, 1.82) is 0 Å². The molecule has 4 aromatic rings. The molecule has 0 unspecified atom stereocenters. The maximum absolute atomic E-state index is 12.5. The third-order valence-corrected chi connectivity index (χ3v) is 6.13. The van der Waals surface area contributed by atoms with Gasteiger partial charge in [0.05, 0.1) is 19.9 Å². The topological polar surface area (TPSA) is 80.3 Å². The van der Waals surface area contributed by atoms with Crippen LogP contribution in [0.15, 0.2) is 64.6 Å². The monoisotopic (exact) mass is 495 g/mol. The maximum Gasteiger partial charge on any atom is 0.265 e. The summed E-state index contributed by atoms with van der Waals surface area (Å²) in [6.07, 6.45) is 1.64. The lowest BCUT2D eigenvalue weighted by molar-refractivity contribution is -0.114. The van der Waals surface area contributed by atoms with Crippen LogP contribution in [-0.4, -0.2) is 16.8 Å². The highest BCUT2D eigenvalue weighted by Crippen LogP contribution is 2.34. The van der Waals surface area contributed by atoms with Gasteiger partial charge in [-0.2, -0.15) is 0 Å². The molecular weight excluding hydrogens is 478 g/mol. The van der Waals surface area contributed by atoms with Crippen LogP contribution in [0, 0.1) is 6.92 Å². The molecule has 2 amide bonds. The molecule has 0 saturated carbocycles. The highest BCUT2D eigenvalue weighted by Gasteiger charge is 2.13. The molecule has 8 heteroatoms. The van der Waals surface area contributed by atoms with E-state index in [0.29, 0.717) is 33.3 Å². The van der Waals surface area contributed by atoms with Crippen molar-refractivity contribution in [2.75, 3.05) is 10.6 Å². The van der Waals surface area contributed by atoms with Gasteiger partial charge >= 0.3 is 0 Å². The molecule has 2 aromatic heterocycles. The number of pyridine rings is 1. The number of anilines is 2. The molecule has 0 aliphatic carbocycles. The number of thiophene rings is 1. The molecule has 6 nitrogen and oxygen atoms in total. The maximum atomic E-state index is 12.5. The van der Waals surface area contributed by atoms with Crippen LogP contribution in [0.25, 0.3) is 10.9 Å². The van der Waals surface area contributed by atoms with Gasteiger partial charge in [0.25, 0.3) is 5.91 Å². The summed E-state index contributed by atoms with van der Waals surface area (Å²) >= 11 is 4.74. The van der Waals surface area contributed by atoms with Gasteiger partial charge in [-0.15, -0.1) is 11.3 Å². The molecular formula is C23H18BrN3O3S. The van der Waals surface area contributed by atoms with Crippen LogP contribution in [0.1, 0.15) is 22.2 Å². The molecule has 31 heavy (non-hydrogen) atoms. The van der Waals surface area contributed by atoms with Crippen LogP contribution in [-0.2, 0) is 4.79 Å². The summed E-state index contributed by atoms with van der Waals surface area (Å²) in [6.45, 7) is 3.39. The quantitative estimate of drug-likeness (QED) is 0.337. The number of fused-ring (bicyclic) bond motifs is 1. The lowest BCUT2D eigenvalue weighted by Gasteiger charge is -2.14. The van der Waals surface area contributed by atoms with E-state index in [9.17, 15) is 9.59 Å². The zero-order valence-corrected chi connectivity index (χ0v) is 19.1. The fourth-order valence-corrected chi connectivity index (χ4v) is 4.35. The van der Waals surface area contributed by atoms with E-state index in [2.05, 4.69) is 31.5 Å². The molecule has 0 spiro atoms. The summed E-state index contributed by atoms with van der Waals surface area (Å²) in [5.74, 6) is 0.867. The number of ether oxygens (including phenoxy) is 1. The Labute approximate surface area is 191 Å². The van der Waals surface area contributed by atoms with Crippen LogP contribution in [0.4, 0.5) is 11.4 Å². The number of halogens is 1. The number of aromatic nitrogens is 1.